The normalized spacial score (nSPS) is 21.3. The summed E-state index contributed by atoms with van der Waals surface area (Å²) in [6, 6.07) is 5.85. The van der Waals surface area contributed by atoms with Crippen LogP contribution in [-0.2, 0) is 4.79 Å². The molecule has 2 fully saturated rings. The Balaban J connectivity index is 0.00000169. The van der Waals surface area contributed by atoms with E-state index in [-0.39, 0.29) is 42.3 Å². The number of anilines is 1. The average molecular weight is 401 g/mol. The Morgan fingerprint density at radius 3 is 2.73 bits per heavy atom. The number of hydrogen-bond acceptors (Lipinski definition) is 6. The van der Waals surface area contributed by atoms with E-state index < -0.39 is 0 Å². The molecular weight excluding hydrogens is 375 g/mol. The number of rotatable bonds is 4. The van der Waals surface area contributed by atoms with Crippen molar-refractivity contribution in [2.24, 2.45) is 0 Å². The van der Waals surface area contributed by atoms with E-state index in [4.69, 9.17) is 5.26 Å². The summed E-state index contributed by atoms with van der Waals surface area (Å²) in [5.41, 5.74) is -0.0593. The number of carbonyl (C=O) groups excluding carboxylic acids is 1. The Morgan fingerprint density at radius 1 is 1.38 bits per heavy atom. The minimum Gasteiger partial charge on any atom is -0.355 e. The molecule has 9 heteroatoms. The van der Waals surface area contributed by atoms with E-state index >= 15 is 0 Å². The van der Waals surface area contributed by atoms with Crippen LogP contribution < -0.4 is 10.2 Å². The van der Waals surface area contributed by atoms with E-state index in [0.29, 0.717) is 13.1 Å². The lowest BCUT2D eigenvalue weighted by atomic mass is 9.89. The van der Waals surface area contributed by atoms with Crippen LogP contribution in [-0.4, -0.2) is 58.8 Å². The summed E-state index contributed by atoms with van der Waals surface area (Å²) in [5.74, 6) is 0.946. The van der Waals surface area contributed by atoms with Gasteiger partial charge in [-0.2, -0.15) is 10.4 Å². The quantitative estimate of drug-likeness (QED) is 0.828. The topological polar surface area (TPSA) is 85.2 Å². The standard InChI is InChI=1S/C17H24N6O.2ClH/c1-17(19-13-16(24)23-9-3-4-14(23)12-18)6-10-22(11-7-17)15-5-2-8-20-21-15;;/h2,5,8,14,19H,3-4,6-7,9-11,13H2,1H3;2*1H/t14-;;/m0../s1. The van der Waals surface area contributed by atoms with Crippen LogP contribution in [0.25, 0.3) is 0 Å². The second-order valence-electron chi connectivity index (χ2n) is 6.86. The van der Waals surface area contributed by atoms with E-state index in [9.17, 15) is 4.79 Å². The fourth-order valence-electron chi connectivity index (χ4n) is 3.46. The van der Waals surface area contributed by atoms with Gasteiger partial charge in [0.2, 0.25) is 5.91 Å². The fraction of sp³-hybridized carbons (Fsp3) is 0.647. The minimum absolute atomic E-state index is 0. The maximum atomic E-state index is 12.4. The van der Waals surface area contributed by atoms with Crippen LogP contribution in [0, 0.1) is 11.3 Å². The number of likely N-dealkylation sites (tertiary alicyclic amines) is 1. The van der Waals surface area contributed by atoms with E-state index in [1.54, 1.807) is 11.1 Å². The number of nitrogens with zero attached hydrogens (tertiary/aromatic N) is 5. The van der Waals surface area contributed by atoms with E-state index in [0.717, 1.165) is 44.6 Å². The number of amides is 1. The second-order valence-corrected chi connectivity index (χ2v) is 6.86. The third kappa shape index (κ3) is 5.19. The van der Waals surface area contributed by atoms with Crippen molar-refractivity contribution in [1.82, 2.24) is 20.4 Å². The molecule has 0 aliphatic carbocycles. The van der Waals surface area contributed by atoms with Crippen molar-refractivity contribution in [1.29, 1.82) is 5.26 Å². The van der Waals surface area contributed by atoms with Gasteiger partial charge in [-0.1, -0.05) is 0 Å². The highest BCUT2D eigenvalue weighted by atomic mass is 35.5. The van der Waals surface area contributed by atoms with Crippen molar-refractivity contribution in [2.45, 2.75) is 44.2 Å². The Bertz CT molecular complexity index is 615. The summed E-state index contributed by atoms with van der Waals surface area (Å²) in [6.07, 6.45) is 5.29. The molecule has 1 N–H and O–H groups in total. The predicted octanol–water partition coefficient (Wildman–Crippen LogP) is 1.78. The monoisotopic (exact) mass is 400 g/mol. The van der Waals surface area contributed by atoms with E-state index in [2.05, 4.69) is 33.4 Å². The second kappa shape index (κ2) is 9.91. The van der Waals surface area contributed by atoms with Crippen LogP contribution in [0.15, 0.2) is 18.3 Å². The first-order chi connectivity index (χ1) is 11.6. The summed E-state index contributed by atoms with van der Waals surface area (Å²) in [5, 5.41) is 20.6. The number of hydrogen-bond donors (Lipinski definition) is 1. The van der Waals surface area contributed by atoms with Gasteiger partial charge in [-0.15, -0.1) is 29.9 Å². The summed E-state index contributed by atoms with van der Waals surface area (Å²) < 4.78 is 0. The minimum atomic E-state index is -0.245. The van der Waals surface area contributed by atoms with E-state index in [1.165, 1.54) is 0 Å². The lowest BCUT2D eigenvalue weighted by molar-refractivity contribution is -0.130. The van der Waals surface area contributed by atoms with Gasteiger partial charge in [0, 0.05) is 31.4 Å². The van der Waals surface area contributed by atoms with Crippen LogP contribution in [0.1, 0.15) is 32.6 Å². The van der Waals surface area contributed by atoms with Crippen LogP contribution in [0.3, 0.4) is 0 Å². The molecule has 1 aromatic rings. The predicted molar refractivity (Wildman–Crippen MR) is 105 cm³/mol. The van der Waals surface area contributed by atoms with Gasteiger partial charge in [0.25, 0.3) is 0 Å². The molecule has 0 saturated carbocycles. The third-order valence-corrected chi connectivity index (χ3v) is 5.14. The zero-order chi connectivity index (χ0) is 17.0. The number of piperidine rings is 1. The maximum Gasteiger partial charge on any atom is 0.237 e. The first-order valence-corrected chi connectivity index (χ1v) is 8.58. The molecule has 1 amide bonds. The van der Waals surface area contributed by atoms with E-state index in [1.807, 2.05) is 12.1 Å². The van der Waals surface area contributed by atoms with Crippen molar-refractivity contribution in [3.63, 3.8) is 0 Å². The van der Waals surface area contributed by atoms with Crippen molar-refractivity contribution >= 4 is 36.5 Å². The van der Waals surface area contributed by atoms with Crippen molar-refractivity contribution in [3.8, 4) is 6.07 Å². The summed E-state index contributed by atoms with van der Waals surface area (Å²) in [4.78, 5) is 16.3. The molecule has 1 aromatic heterocycles. The number of carbonyl (C=O) groups is 1. The molecule has 0 aromatic carbocycles. The number of nitriles is 1. The van der Waals surface area contributed by atoms with Crippen LogP contribution >= 0.6 is 24.8 Å². The molecular formula is C17H26Cl2N6O. The molecule has 3 rings (SSSR count). The Morgan fingerprint density at radius 2 is 2.12 bits per heavy atom. The Hall–Kier alpha value is -1.62. The summed E-state index contributed by atoms with van der Waals surface area (Å²) in [6.45, 7) is 4.96. The lowest BCUT2D eigenvalue weighted by Gasteiger charge is -2.40. The fourth-order valence-corrected chi connectivity index (χ4v) is 3.46. The zero-order valence-corrected chi connectivity index (χ0v) is 16.6. The van der Waals surface area contributed by atoms with Crippen LogP contribution in [0.4, 0.5) is 5.82 Å². The third-order valence-electron chi connectivity index (χ3n) is 5.14. The molecule has 0 bridgehead atoms. The highest BCUT2D eigenvalue weighted by Gasteiger charge is 2.33. The van der Waals surface area contributed by atoms with Crippen molar-refractivity contribution < 1.29 is 4.79 Å². The van der Waals surface area contributed by atoms with Gasteiger partial charge in [-0.05, 0) is 44.7 Å². The first-order valence-electron chi connectivity index (χ1n) is 8.58. The number of halogens is 2. The number of aromatic nitrogens is 2. The maximum absolute atomic E-state index is 12.4. The van der Waals surface area contributed by atoms with Crippen molar-refractivity contribution in [2.75, 3.05) is 31.1 Å². The Kier molecular flexibility index (Phi) is 8.54. The molecule has 0 unspecified atom stereocenters. The van der Waals surface area contributed by atoms with Gasteiger partial charge in [-0.25, -0.2) is 0 Å². The molecule has 3 heterocycles. The van der Waals surface area contributed by atoms with Gasteiger partial charge >= 0.3 is 0 Å². The zero-order valence-electron chi connectivity index (χ0n) is 14.9. The molecule has 2 aliphatic rings. The van der Waals surface area contributed by atoms with Gasteiger partial charge in [0.1, 0.15) is 6.04 Å². The van der Waals surface area contributed by atoms with Gasteiger partial charge < -0.3 is 15.1 Å². The van der Waals surface area contributed by atoms with Gasteiger partial charge in [-0.3, -0.25) is 4.79 Å². The smallest absolute Gasteiger partial charge is 0.237 e. The van der Waals surface area contributed by atoms with Crippen LogP contribution in [0.5, 0.6) is 0 Å². The average Bonchev–Trinajstić information content (AvgIpc) is 3.10. The molecule has 0 radical (unpaired) electrons. The molecule has 0 spiro atoms. The SMILES string of the molecule is CC1(NCC(=O)N2CCC[C@H]2C#N)CCN(c2cccnn2)CC1.Cl.Cl. The van der Waals surface area contributed by atoms with Crippen molar-refractivity contribution in [3.05, 3.63) is 18.3 Å². The summed E-state index contributed by atoms with van der Waals surface area (Å²) >= 11 is 0. The molecule has 144 valence electrons. The molecule has 7 nitrogen and oxygen atoms in total. The summed E-state index contributed by atoms with van der Waals surface area (Å²) in [7, 11) is 0. The number of nitrogens with one attached hydrogen (secondary N) is 1. The Labute approximate surface area is 167 Å². The molecule has 2 saturated heterocycles. The highest BCUT2D eigenvalue weighted by molar-refractivity contribution is 5.85. The van der Waals surface area contributed by atoms with Crippen LogP contribution in [0.2, 0.25) is 0 Å². The largest absolute Gasteiger partial charge is 0.355 e. The van der Waals surface area contributed by atoms with Gasteiger partial charge in [0.15, 0.2) is 5.82 Å². The highest BCUT2D eigenvalue weighted by Crippen LogP contribution is 2.24. The lowest BCUT2D eigenvalue weighted by Crippen LogP contribution is -2.54. The van der Waals surface area contributed by atoms with Gasteiger partial charge in [0.05, 0.1) is 12.6 Å². The molecule has 26 heavy (non-hydrogen) atoms. The molecule has 2 aliphatic heterocycles. The molecule has 1 atom stereocenters. The first kappa shape index (κ1) is 22.4.